The Morgan fingerprint density at radius 3 is 2.38 bits per heavy atom. The molecule has 0 spiro atoms. The molecule has 1 aliphatic rings. The molecule has 34 heavy (non-hydrogen) atoms. The zero-order chi connectivity index (χ0) is 24.1. The van der Waals surface area contributed by atoms with Crippen molar-refractivity contribution in [2.45, 2.75) is 44.8 Å². The molecule has 0 radical (unpaired) electrons. The summed E-state index contributed by atoms with van der Waals surface area (Å²) in [6, 6.07) is 15.2. The second kappa shape index (κ2) is 10.6. The van der Waals surface area contributed by atoms with Gasteiger partial charge in [0.15, 0.2) is 17.7 Å². The Balaban J connectivity index is 1.58. The van der Waals surface area contributed by atoms with Gasteiger partial charge in [0.2, 0.25) is 0 Å². The molecular formula is C26H26F2N2O4. The van der Waals surface area contributed by atoms with E-state index in [1.807, 2.05) is 30.3 Å². The van der Waals surface area contributed by atoms with Crippen LogP contribution in [-0.4, -0.2) is 22.2 Å². The number of carboxylic acids is 1. The van der Waals surface area contributed by atoms with Crippen LogP contribution in [0.3, 0.4) is 0 Å². The molecule has 8 heteroatoms. The van der Waals surface area contributed by atoms with Crippen molar-refractivity contribution < 1.29 is 28.2 Å². The van der Waals surface area contributed by atoms with E-state index >= 15 is 0 Å². The first kappa shape index (κ1) is 23.6. The number of benzene rings is 2. The number of aromatic nitrogens is 1. The minimum absolute atomic E-state index is 0.261. The summed E-state index contributed by atoms with van der Waals surface area (Å²) in [7, 11) is 0. The van der Waals surface area contributed by atoms with Crippen molar-refractivity contribution in [2.24, 2.45) is 11.7 Å². The van der Waals surface area contributed by atoms with E-state index in [9.17, 15) is 18.7 Å². The van der Waals surface area contributed by atoms with Gasteiger partial charge in [-0.2, -0.15) is 4.98 Å². The standard InChI is InChI=1S/C26H26F2N2O4/c27-21-14-22(28)25(34-23(26(31)32)17-7-2-1-3-8-17)30-24(21)33-20-11-5-10-19(13-20)18-9-4-6-16(12-18)15-29/h4-6,9-14,17,23H,1-3,7-8,15,29H2,(H,31,32)/t23-/m1/s1. The van der Waals surface area contributed by atoms with Gasteiger partial charge in [-0.1, -0.05) is 49.6 Å². The molecule has 178 valence electrons. The molecule has 1 atom stereocenters. The van der Waals surface area contributed by atoms with Crippen LogP contribution in [0.15, 0.2) is 54.6 Å². The topological polar surface area (TPSA) is 94.7 Å². The monoisotopic (exact) mass is 468 g/mol. The van der Waals surface area contributed by atoms with Gasteiger partial charge in [0, 0.05) is 18.5 Å². The van der Waals surface area contributed by atoms with E-state index in [1.165, 1.54) is 0 Å². The van der Waals surface area contributed by atoms with Crippen molar-refractivity contribution in [3.63, 3.8) is 0 Å². The molecule has 0 bridgehead atoms. The van der Waals surface area contributed by atoms with Crippen LogP contribution in [-0.2, 0) is 11.3 Å². The van der Waals surface area contributed by atoms with E-state index in [-0.39, 0.29) is 11.7 Å². The summed E-state index contributed by atoms with van der Waals surface area (Å²) in [4.78, 5) is 15.6. The molecule has 4 rings (SSSR count). The fourth-order valence-corrected chi connectivity index (χ4v) is 4.22. The van der Waals surface area contributed by atoms with Crippen molar-refractivity contribution in [1.29, 1.82) is 0 Å². The van der Waals surface area contributed by atoms with E-state index in [2.05, 4.69) is 4.98 Å². The number of rotatable bonds is 8. The minimum atomic E-state index is -1.27. The number of aliphatic carboxylic acids is 1. The normalized spacial score (nSPS) is 15.0. The molecular weight excluding hydrogens is 442 g/mol. The van der Waals surface area contributed by atoms with Gasteiger partial charge in [-0.25, -0.2) is 13.6 Å². The van der Waals surface area contributed by atoms with Gasteiger partial charge in [0.05, 0.1) is 0 Å². The zero-order valence-corrected chi connectivity index (χ0v) is 18.5. The first-order chi connectivity index (χ1) is 16.4. The Bertz CT molecular complexity index is 1170. The Morgan fingerprint density at radius 2 is 1.68 bits per heavy atom. The van der Waals surface area contributed by atoms with Gasteiger partial charge in [0.1, 0.15) is 5.75 Å². The van der Waals surface area contributed by atoms with Crippen LogP contribution in [0.2, 0.25) is 0 Å². The number of carboxylic acid groups (broad SMARTS) is 1. The molecule has 1 aromatic heterocycles. The summed E-state index contributed by atoms with van der Waals surface area (Å²) in [5.74, 6) is -4.39. The zero-order valence-electron chi connectivity index (χ0n) is 18.5. The van der Waals surface area contributed by atoms with Crippen LogP contribution >= 0.6 is 0 Å². The van der Waals surface area contributed by atoms with E-state index in [1.54, 1.807) is 18.2 Å². The third-order valence-electron chi connectivity index (χ3n) is 5.97. The van der Waals surface area contributed by atoms with Gasteiger partial charge >= 0.3 is 5.97 Å². The molecule has 0 amide bonds. The summed E-state index contributed by atoms with van der Waals surface area (Å²) in [5, 5.41) is 9.62. The van der Waals surface area contributed by atoms with E-state index in [0.29, 0.717) is 25.5 Å². The fraction of sp³-hybridized carbons (Fsp3) is 0.308. The van der Waals surface area contributed by atoms with Crippen LogP contribution in [0.25, 0.3) is 11.1 Å². The van der Waals surface area contributed by atoms with Crippen molar-refractivity contribution in [1.82, 2.24) is 4.98 Å². The van der Waals surface area contributed by atoms with Gasteiger partial charge in [0.25, 0.3) is 11.8 Å². The SMILES string of the molecule is NCc1cccc(-c2cccc(Oc3nc(O[C@@H](C(=O)O)C4CCCCC4)c(F)cc3F)c2)c1. The smallest absolute Gasteiger partial charge is 0.345 e. The molecule has 0 aliphatic heterocycles. The maximum absolute atomic E-state index is 14.5. The van der Waals surface area contributed by atoms with Crippen LogP contribution in [0.4, 0.5) is 8.78 Å². The summed E-state index contributed by atoms with van der Waals surface area (Å²) < 4.78 is 40.0. The minimum Gasteiger partial charge on any atom is -0.478 e. The van der Waals surface area contributed by atoms with E-state index < -0.39 is 35.5 Å². The molecule has 0 unspecified atom stereocenters. The highest BCUT2D eigenvalue weighted by molar-refractivity contribution is 5.73. The lowest BCUT2D eigenvalue weighted by Gasteiger charge is -2.27. The highest BCUT2D eigenvalue weighted by atomic mass is 19.1. The molecule has 1 aliphatic carbocycles. The summed E-state index contributed by atoms with van der Waals surface area (Å²) in [5.41, 5.74) is 8.40. The first-order valence-electron chi connectivity index (χ1n) is 11.3. The van der Waals surface area contributed by atoms with Gasteiger partial charge < -0.3 is 20.3 Å². The third-order valence-corrected chi connectivity index (χ3v) is 5.97. The quantitative estimate of drug-likeness (QED) is 0.441. The number of pyridine rings is 1. The molecule has 3 aromatic rings. The number of halogens is 2. The predicted molar refractivity (Wildman–Crippen MR) is 123 cm³/mol. The molecule has 2 aromatic carbocycles. The Morgan fingerprint density at radius 1 is 1.00 bits per heavy atom. The van der Waals surface area contributed by atoms with E-state index in [0.717, 1.165) is 36.0 Å². The number of ether oxygens (including phenoxy) is 2. The maximum atomic E-state index is 14.5. The van der Waals surface area contributed by atoms with Crippen molar-refractivity contribution in [3.8, 4) is 28.6 Å². The third kappa shape index (κ3) is 5.51. The fourth-order valence-electron chi connectivity index (χ4n) is 4.22. The average Bonchev–Trinajstić information content (AvgIpc) is 2.85. The molecule has 6 nitrogen and oxygen atoms in total. The van der Waals surface area contributed by atoms with E-state index in [4.69, 9.17) is 15.2 Å². The van der Waals surface area contributed by atoms with Crippen LogP contribution < -0.4 is 15.2 Å². The molecule has 1 heterocycles. The number of hydrogen-bond acceptors (Lipinski definition) is 5. The van der Waals surface area contributed by atoms with Crippen LogP contribution in [0.1, 0.15) is 37.7 Å². The van der Waals surface area contributed by atoms with Gasteiger partial charge in [-0.15, -0.1) is 0 Å². The Hall–Kier alpha value is -3.52. The van der Waals surface area contributed by atoms with Crippen molar-refractivity contribution in [2.75, 3.05) is 0 Å². The van der Waals surface area contributed by atoms with Crippen molar-refractivity contribution >= 4 is 5.97 Å². The second-order valence-electron chi connectivity index (χ2n) is 8.37. The first-order valence-corrected chi connectivity index (χ1v) is 11.3. The highest BCUT2D eigenvalue weighted by Gasteiger charge is 2.33. The lowest BCUT2D eigenvalue weighted by Crippen LogP contribution is -2.36. The second-order valence-corrected chi connectivity index (χ2v) is 8.37. The Labute approximate surface area is 196 Å². The number of hydrogen-bond donors (Lipinski definition) is 2. The molecule has 3 N–H and O–H groups in total. The predicted octanol–water partition coefficient (Wildman–Crippen LogP) is 5.69. The van der Waals surface area contributed by atoms with Gasteiger partial charge in [-0.05, 0) is 47.7 Å². The molecule has 1 fully saturated rings. The number of carbonyl (C=O) groups is 1. The van der Waals surface area contributed by atoms with Crippen molar-refractivity contribution in [3.05, 3.63) is 71.8 Å². The van der Waals surface area contributed by atoms with Crippen LogP contribution in [0, 0.1) is 17.6 Å². The van der Waals surface area contributed by atoms with Gasteiger partial charge in [-0.3, -0.25) is 0 Å². The van der Waals surface area contributed by atoms with Crippen LogP contribution in [0.5, 0.6) is 17.5 Å². The average molecular weight is 469 g/mol. The summed E-state index contributed by atoms with van der Waals surface area (Å²) >= 11 is 0. The maximum Gasteiger partial charge on any atom is 0.345 e. The lowest BCUT2D eigenvalue weighted by molar-refractivity contribution is -0.148. The highest BCUT2D eigenvalue weighted by Crippen LogP contribution is 2.33. The Kier molecular flexibility index (Phi) is 7.37. The summed E-state index contributed by atoms with van der Waals surface area (Å²) in [6.45, 7) is 0.399. The number of nitrogens with zero attached hydrogens (tertiary/aromatic N) is 1. The molecule has 1 saturated carbocycles. The summed E-state index contributed by atoms with van der Waals surface area (Å²) in [6.07, 6.45) is 2.87. The lowest BCUT2D eigenvalue weighted by atomic mass is 9.85. The largest absolute Gasteiger partial charge is 0.478 e. The molecule has 0 saturated heterocycles. The number of nitrogens with two attached hydrogens (primary N) is 1.